The van der Waals surface area contributed by atoms with Crippen LogP contribution >= 0.6 is 23.2 Å². The molecule has 0 radical (unpaired) electrons. The molecule has 1 heterocycles. The average molecular weight is 502 g/mol. The molecule has 2 aromatic carbocycles. The van der Waals surface area contributed by atoms with Crippen LogP contribution in [0.15, 0.2) is 71.3 Å². The number of nitrogens with one attached hydrogen (secondary N) is 1. The number of amides is 3. The van der Waals surface area contributed by atoms with Gasteiger partial charge in [0.2, 0.25) is 5.91 Å². The summed E-state index contributed by atoms with van der Waals surface area (Å²) in [6, 6.07) is 18.0. The van der Waals surface area contributed by atoms with Gasteiger partial charge in [0.15, 0.2) is 0 Å². The lowest BCUT2D eigenvalue weighted by atomic mass is 10.1. The van der Waals surface area contributed by atoms with Gasteiger partial charge in [0, 0.05) is 12.6 Å². The lowest BCUT2D eigenvalue weighted by Crippen LogP contribution is -2.48. The van der Waals surface area contributed by atoms with Crippen molar-refractivity contribution in [2.75, 3.05) is 18.4 Å². The fourth-order valence-corrected chi connectivity index (χ4v) is 3.97. The minimum atomic E-state index is -0.432. The number of benzene rings is 2. The predicted octanol–water partition coefficient (Wildman–Crippen LogP) is 6.49. The summed E-state index contributed by atoms with van der Waals surface area (Å²) in [6.07, 6.45) is 2.96. The molecule has 0 fully saturated rings. The maximum atomic E-state index is 13.4. The Hall–Kier alpha value is -2.96. The SMILES string of the molecule is CCC(C)N(CC(=O)N(CCc1ccccc1)Cc1ccco1)C(=O)Nc1c(Cl)cccc1Cl. The summed E-state index contributed by atoms with van der Waals surface area (Å²) in [5.74, 6) is 0.511. The van der Waals surface area contributed by atoms with E-state index in [1.807, 2.05) is 50.2 Å². The highest BCUT2D eigenvalue weighted by atomic mass is 35.5. The molecule has 8 heteroatoms. The molecule has 0 aliphatic rings. The van der Waals surface area contributed by atoms with Crippen LogP contribution in [0.3, 0.4) is 0 Å². The van der Waals surface area contributed by atoms with Crippen molar-refractivity contribution >= 4 is 40.8 Å². The van der Waals surface area contributed by atoms with Crippen LogP contribution in [0.5, 0.6) is 0 Å². The summed E-state index contributed by atoms with van der Waals surface area (Å²) in [5.41, 5.74) is 1.46. The maximum absolute atomic E-state index is 13.4. The van der Waals surface area contributed by atoms with Gasteiger partial charge >= 0.3 is 6.03 Å². The van der Waals surface area contributed by atoms with E-state index in [9.17, 15) is 9.59 Å². The van der Waals surface area contributed by atoms with E-state index in [4.69, 9.17) is 27.6 Å². The third kappa shape index (κ3) is 7.02. The van der Waals surface area contributed by atoms with Crippen molar-refractivity contribution in [2.45, 2.75) is 39.3 Å². The first-order valence-corrected chi connectivity index (χ1v) is 12.0. The molecule has 34 heavy (non-hydrogen) atoms. The number of furan rings is 1. The van der Waals surface area contributed by atoms with Gasteiger partial charge in [0.1, 0.15) is 12.3 Å². The molecule has 0 aliphatic heterocycles. The predicted molar refractivity (Wildman–Crippen MR) is 136 cm³/mol. The van der Waals surface area contributed by atoms with Crippen LogP contribution < -0.4 is 5.32 Å². The van der Waals surface area contributed by atoms with E-state index < -0.39 is 6.03 Å². The Balaban J connectivity index is 1.76. The first-order valence-electron chi connectivity index (χ1n) is 11.2. The molecule has 0 saturated carbocycles. The summed E-state index contributed by atoms with van der Waals surface area (Å²) < 4.78 is 5.48. The van der Waals surface area contributed by atoms with Crippen molar-refractivity contribution in [1.29, 1.82) is 0 Å². The average Bonchev–Trinajstić information content (AvgIpc) is 3.35. The molecule has 0 spiro atoms. The highest BCUT2D eigenvalue weighted by molar-refractivity contribution is 6.39. The zero-order chi connectivity index (χ0) is 24.5. The van der Waals surface area contributed by atoms with E-state index >= 15 is 0 Å². The summed E-state index contributed by atoms with van der Waals surface area (Å²) in [7, 11) is 0. The molecule has 3 amide bonds. The van der Waals surface area contributed by atoms with Crippen molar-refractivity contribution in [2.24, 2.45) is 0 Å². The summed E-state index contributed by atoms with van der Waals surface area (Å²) in [6.45, 7) is 4.61. The monoisotopic (exact) mass is 501 g/mol. The van der Waals surface area contributed by atoms with E-state index in [1.165, 1.54) is 4.90 Å². The molecule has 1 unspecified atom stereocenters. The van der Waals surface area contributed by atoms with Gasteiger partial charge in [0.05, 0.1) is 28.5 Å². The number of urea groups is 1. The molecule has 3 aromatic rings. The van der Waals surface area contributed by atoms with Gasteiger partial charge in [-0.2, -0.15) is 0 Å². The van der Waals surface area contributed by atoms with E-state index in [-0.39, 0.29) is 18.5 Å². The summed E-state index contributed by atoms with van der Waals surface area (Å²) >= 11 is 12.4. The molecular formula is C26H29Cl2N3O3. The Labute approximate surface area is 210 Å². The van der Waals surface area contributed by atoms with Gasteiger partial charge in [-0.05, 0) is 49.6 Å². The second-order valence-electron chi connectivity index (χ2n) is 8.04. The van der Waals surface area contributed by atoms with Gasteiger partial charge in [0.25, 0.3) is 0 Å². The fraction of sp³-hybridized carbons (Fsp3) is 0.308. The van der Waals surface area contributed by atoms with Crippen molar-refractivity contribution in [1.82, 2.24) is 9.80 Å². The van der Waals surface area contributed by atoms with Crippen LogP contribution in [0.4, 0.5) is 10.5 Å². The van der Waals surface area contributed by atoms with Crippen LogP contribution in [0, 0.1) is 0 Å². The Bertz CT molecular complexity index is 1050. The van der Waals surface area contributed by atoms with Gasteiger partial charge in [-0.1, -0.05) is 66.5 Å². The van der Waals surface area contributed by atoms with E-state index in [0.29, 0.717) is 47.4 Å². The Morgan fingerprint density at radius 3 is 2.32 bits per heavy atom. The van der Waals surface area contributed by atoms with Crippen LogP contribution in [0.1, 0.15) is 31.6 Å². The summed E-state index contributed by atoms with van der Waals surface area (Å²) in [4.78, 5) is 29.8. The van der Waals surface area contributed by atoms with Gasteiger partial charge in [-0.25, -0.2) is 4.79 Å². The second kappa shape index (κ2) is 12.5. The van der Waals surface area contributed by atoms with Crippen molar-refractivity contribution in [3.63, 3.8) is 0 Å². The van der Waals surface area contributed by atoms with Crippen LogP contribution in [0.25, 0.3) is 0 Å². The first kappa shape index (κ1) is 25.7. The number of hydrogen-bond donors (Lipinski definition) is 1. The number of carbonyl (C=O) groups excluding carboxylic acids is 2. The topological polar surface area (TPSA) is 65.8 Å². The molecule has 1 aromatic heterocycles. The second-order valence-corrected chi connectivity index (χ2v) is 8.86. The number of anilines is 1. The third-order valence-electron chi connectivity index (χ3n) is 5.68. The number of para-hydroxylation sites is 1. The number of carbonyl (C=O) groups is 2. The van der Waals surface area contributed by atoms with E-state index in [0.717, 1.165) is 5.56 Å². The van der Waals surface area contributed by atoms with Crippen LogP contribution in [0.2, 0.25) is 10.0 Å². The highest BCUT2D eigenvalue weighted by Gasteiger charge is 2.26. The standard InChI is InChI=1S/C26H29Cl2N3O3/c1-3-19(2)31(26(33)29-25-22(27)12-7-13-23(25)28)18-24(32)30(17-21-11-8-16-34-21)15-14-20-9-5-4-6-10-20/h4-13,16,19H,3,14-15,17-18H2,1-2H3,(H,29,33). The Morgan fingerprint density at radius 2 is 1.71 bits per heavy atom. The number of nitrogens with zero attached hydrogens (tertiary/aromatic N) is 2. The zero-order valence-corrected chi connectivity index (χ0v) is 20.9. The molecule has 1 N–H and O–H groups in total. The minimum Gasteiger partial charge on any atom is -0.467 e. The zero-order valence-electron chi connectivity index (χ0n) is 19.3. The van der Waals surface area contributed by atoms with E-state index in [2.05, 4.69) is 5.32 Å². The lowest BCUT2D eigenvalue weighted by molar-refractivity contribution is -0.133. The Morgan fingerprint density at radius 1 is 1.00 bits per heavy atom. The maximum Gasteiger partial charge on any atom is 0.322 e. The summed E-state index contributed by atoms with van der Waals surface area (Å²) in [5, 5.41) is 3.44. The largest absolute Gasteiger partial charge is 0.467 e. The van der Waals surface area contributed by atoms with Crippen LogP contribution in [-0.4, -0.2) is 40.9 Å². The number of halogens is 2. The smallest absolute Gasteiger partial charge is 0.322 e. The molecule has 0 aliphatic carbocycles. The van der Waals surface area contributed by atoms with Gasteiger partial charge < -0.3 is 19.5 Å². The van der Waals surface area contributed by atoms with Crippen molar-refractivity contribution in [3.05, 3.63) is 88.3 Å². The van der Waals surface area contributed by atoms with Crippen molar-refractivity contribution in [3.8, 4) is 0 Å². The molecule has 180 valence electrons. The minimum absolute atomic E-state index is 0.0849. The number of rotatable bonds is 10. The third-order valence-corrected chi connectivity index (χ3v) is 6.31. The first-order chi connectivity index (χ1) is 16.4. The normalized spacial score (nSPS) is 11.6. The molecule has 6 nitrogen and oxygen atoms in total. The van der Waals surface area contributed by atoms with Gasteiger partial charge in [-0.3, -0.25) is 4.79 Å². The van der Waals surface area contributed by atoms with Gasteiger partial charge in [-0.15, -0.1) is 0 Å². The molecule has 3 rings (SSSR count). The molecule has 0 saturated heterocycles. The fourth-order valence-electron chi connectivity index (χ4n) is 3.48. The van der Waals surface area contributed by atoms with E-state index in [1.54, 1.807) is 35.4 Å². The Kier molecular flexibility index (Phi) is 9.42. The lowest BCUT2D eigenvalue weighted by Gasteiger charge is -2.31. The molecular weight excluding hydrogens is 473 g/mol. The van der Waals surface area contributed by atoms with Crippen LogP contribution in [-0.2, 0) is 17.8 Å². The molecule has 1 atom stereocenters. The highest BCUT2D eigenvalue weighted by Crippen LogP contribution is 2.30. The molecule has 0 bridgehead atoms. The van der Waals surface area contributed by atoms with Crippen molar-refractivity contribution < 1.29 is 14.0 Å². The number of hydrogen-bond acceptors (Lipinski definition) is 3. The quantitative estimate of drug-likeness (QED) is 0.345.